The Balaban J connectivity index is 1.97. The van der Waals surface area contributed by atoms with Crippen LogP contribution in [0.15, 0.2) is 28.4 Å². The summed E-state index contributed by atoms with van der Waals surface area (Å²) >= 11 is 1.19. The number of anilines is 1. The van der Waals surface area contributed by atoms with Crippen LogP contribution in [0.5, 0.6) is 11.5 Å². The highest BCUT2D eigenvalue weighted by atomic mass is 32.2. The molecule has 1 aromatic rings. The lowest BCUT2D eigenvalue weighted by molar-refractivity contribution is -0.122. The molecule has 2 N–H and O–H groups in total. The Morgan fingerprint density at radius 2 is 2.00 bits per heavy atom. The van der Waals surface area contributed by atoms with Crippen LogP contribution in [0.25, 0.3) is 0 Å². The summed E-state index contributed by atoms with van der Waals surface area (Å²) in [5.74, 6) is 0.542. The van der Waals surface area contributed by atoms with Crippen LogP contribution < -0.4 is 20.1 Å². The molecule has 25 heavy (non-hydrogen) atoms. The molecular formula is C16H20N4O4S. The maximum absolute atomic E-state index is 12.2. The van der Waals surface area contributed by atoms with Gasteiger partial charge in [0, 0.05) is 23.9 Å². The van der Waals surface area contributed by atoms with Crippen molar-refractivity contribution in [3.8, 4) is 11.5 Å². The monoisotopic (exact) mass is 364 g/mol. The second-order valence-corrected chi connectivity index (χ2v) is 6.56. The van der Waals surface area contributed by atoms with Crippen LogP contribution in [0, 0.1) is 0 Å². The topological polar surface area (TPSA) is 101 Å². The molecule has 1 aromatic carbocycles. The molecule has 1 heterocycles. The molecule has 134 valence electrons. The third-order valence-corrected chi connectivity index (χ3v) is 4.23. The van der Waals surface area contributed by atoms with Crippen LogP contribution >= 0.6 is 11.8 Å². The molecule has 2 rings (SSSR count). The highest BCUT2D eigenvalue weighted by Gasteiger charge is 2.32. The molecule has 0 aliphatic carbocycles. The van der Waals surface area contributed by atoms with Gasteiger partial charge < -0.3 is 20.1 Å². The van der Waals surface area contributed by atoms with E-state index in [1.54, 1.807) is 32.0 Å². The summed E-state index contributed by atoms with van der Waals surface area (Å²) < 4.78 is 10.3. The van der Waals surface area contributed by atoms with E-state index in [-0.39, 0.29) is 18.2 Å². The molecule has 0 spiro atoms. The minimum absolute atomic E-state index is 0.0265. The predicted octanol–water partition coefficient (Wildman–Crippen LogP) is 2.02. The molecule has 1 unspecified atom stereocenters. The quantitative estimate of drug-likeness (QED) is 0.594. The number of amides is 2. The SMILES string of the molecule is COc1ccc(NC(=O)CC2SC(=NN=C(C)C)NC2=O)cc1OC. The van der Waals surface area contributed by atoms with Crippen LogP contribution in [0.2, 0.25) is 0 Å². The maximum atomic E-state index is 12.2. The zero-order valence-corrected chi connectivity index (χ0v) is 15.3. The van der Waals surface area contributed by atoms with E-state index >= 15 is 0 Å². The molecule has 8 nitrogen and oxygen atoms in total. The fraction of sp³-hybridized carbons (Fsp3) is 0.375. The highest BCUT2D eigenvalue weighted by Crippen LogP contribution is 2.30. The van der Waals surface area contributed by atoms with Gasteiger partial charge in [-0.2, -0.15) is 5.10 Å². The van der Waals surface area contributed by atoms with Crippen LogP contribution in [0.4, 0.5) is 5.69 Å². The van der Waals surface area contributed by atoms with Gasteiger partial charge in [0.05, 0.1) is 14.2 Å². The number of carbonyl (C=O) groups is 2. The molecule has 1 aliphatic rings. The fourth-order valence-electron chi connectivity index (χ4n) is 2.03. The number of nitrogens with one attached hydrogen (secondary N) is 2. The van der Waals surface area contributed by atoms with Crippen molar-refractivity contribution in [2.45, 2.75) is 25.5 Å². The van der Waals surface area contributed by atoms with E-state index < -0.39 is 5.25 Å². The number of amidine groups is 1. The van der Waals surface area contributed by atoms with Crippen molar-refractivity contribution in [2.24, 2.45) is 10.2 Å². The number of hydrogen-bond acceptors (Lipinski definition) is 7. The van der Waals surface area contributed by atoms with Gasteiger partial charge in [-0.3, -0.25) is 9.59 Å². The van der Waals surface area contributed by atoms with E-state index in [0.717, 1.165) is 5.71 Å². The van der Waals surface area contributed by atoms with Crippen molar-refractivity contribution in [1.82, 2.24) is 5.32 Å². The lowest BCUT2D eigenvalue weighted by Gasteiger charge is -2.11. The molecular weight excluding hydrogens is 344 g/mol. The summed E-state index contributed by atoms with van der Waals surface area (Å²) in [6, 6.07) is 5.05. The van der Waals surface area contributed by atoms with Crippen LogP contribution in [-0.2, 0) is 9.59 Å². The van der Waals surface area contributed by atoms with Gasteiger partial charge in [-0.15, -0.1) is 5.10 Å². The van der Waals surface area contributed by atoms with Crippen molar-refractivity contribution >= 4 is 40.1 Å². The number of methoxy groups -OCH3 is 2. The van der Waals surface area contributed by atoms with Crippen molar-refractivity contribution in [2.75, 3.05) is 19.5 Å². The van der Waals surface area contributed by atoms with E-state index in [4.69, 9.17) is 9.47 Å². The molecule has 1 aliphatic heterocycles. The summed E-state index contributed by atoms with van der Waals surface area (Å²) in [5.41, 5.74) is 1.34. The van der Waals surface area contributed by atoms with Crippen molar-refractivity contribution in [3.05, 3.63) is 18.2 Å². The van der Waals surface area contributed by atoms with Gasteiger partial charge in [0.1, 0.15) is 5.25 Å². The molecule has 0 saturated carbocycles. The van der Waals surface area contributed by atoms with E-state index in [1.807, 2.05) is 0 Å². The number of nitrogens with zero attached hydrogens (tertiary/aromatic N) is 2. The molecule has 0 radical (unpaired) electrons. The first kappa shape index (κ1) is 18.8. The number of ether oxygens (including phenoxy) is 2. The summed E-state index contributed by atoms with van der Waals surface area (Å²) in [6.45, 7) is 3.61. The smallest absolute Gasteiger partial charge is 0.240 e. The lowest BCUT2D eigenvalue weighted by Crippen LogP contribution is -2.28. The Morgan fingerprint density at radius 3 is 2.64 bits per heavy atom. The number of benzene rings is 1. The minimum Gasteiger partial charge on any atom is -0.493 e. The van der Waals surface area contributed by atoms with E-state index in [1.165, 1.54) is 26.0 Å². The van der Waals surface area contributed by atoms with Crippen molar-refractivity contribution in [1.29, 1.82) is 0 Å². The number of thioether (sulfide) groups is 1. The molecule has 1 fully saturated rings. The summed E-state index contributed by atoms with van der Waals surface area (Å²) in [6.07, 6.45) is 0.0265. The Bertz CT molecular complexity index is 729. The van der Waals surface area contributed by atoms with Gasteiger partial charge in [-0.25, -0.2) is 0 Å². The second kappa shape index (κ2) is 8.52. The zero-order valence-electron chi connectivity index (χ0n) is 14.5. The third-order valence-electron chi connectivity index (χ3n) is 3.16. The van der Waals surface area contributed by atoms with Crippen LogP contribution in [0.3, 0.4) is 0 Å². The van der Waals surface area contributed by atoms with E-state index in [0.29, 0.717) is 22.4 Å². The fourth-order valence-corrected chi connectivity index (χ4v) is 2.94. The first-order chi connectivity index (χ1) is 11.9. The lowest BCUT2D eigenvalue weighted by atomic mass is 10.2. The van der Waals surface area contributed by atoms with Gasteiger partial charge in [0.15, 0.2) is 16.7 Å². The Hall–Kier alpha value is -2.55. The Labute approximate surface area is 150 Å². The highest BCUT2D eigenvalue weighted by molar-refractivity contribution is 8.15. The Kier molecular flexibility index (Phi) is 6.40. The maximum Gasteiger partial charge on any atom is 0.240 e. The van der Waals surface area contributed by atoms with Gasteiger partial charge in [0.2, 0.25) is 11.8 Å². The first-order valence-electron chi connectivity index (χ1n) is 7.51. The predicted molar refractivity (Wildman–Crippen MR) is 98.5 cm³/mol. The van der Waals surface area contributed by atoms with Crippen LogP contribution in [-0.4, -0.2) is 42.2 Å². The van der Waals surface area contributed by atoms with Gasteiger partial charge in [-0.05, 0) is 26.0 Å². The number of rotatable bonds is 6. The molecule has 1 atom stereocenters. The Morgan fingerprint density at radius 1 is 1.28 bits per heavy atom. The van der Waals surface area contributed by atoms with Crippen molar-refractivity contribution in [3.63, 3.8) is 0 Å². The average molecular weight is 364 g/mol. The zero-order chi connectivity index (χ0) is 18.4. The summed E-state index contributed by atoms with van der Waals surface area (Å²) in [5, 5.41) is 13.1. The largest absolute Gasteiger partial charge is 0.493 e. The number of hydrogen-bond donors (Lipinski definition) is 2. The van der Waals surface area contributed by atoms with Crippen molar-refractivity contribution < 1.29 is 19.1 Å². The normalized spacial score (nSPS) is 17.8. The third kappa shape index (κ3) is 5.21. The average Bonchev–Trinajstić information content (AvgIpc) is 2.92. The van der Waals surface area contributed by atoms with Gasteiger partial charge >= 0.3 is 0 Å². The van der Waals surface area contributed by atoms with Gasteiger partial charge in [-0.1, -0.05) is 11.8 Å². The molecule has 1 saturated heterocycles. The summed E-state index contributed by atoms with van der Waals surface area (Å²) in [7, 11) is 3.06. The molecule has 9 heteroatoms. The molecule has 0 aromatic heterocycles. The number of carbonyl (C=O) groups excluding carboxylic acids is 2. The molecule has 2 amide bonds. The van der Waals surface area contributed by atoms with E-state index in [2.05, 4.69) is 20.8 Å². The van der Waals surface area contributed by atoms with Crippen LogP contribution in [0.1, 0.15) is 20.3 Å². The molecule has 0 bridgehead atoms. The summed E-state index contributed by atoms with van der Waals surface area (Å²) in [4.78, 5) is 24.1. The van der Waals surface area contributed by atoms with E-state index in [9.17, 15) is 9.59 Å². The minimum atomic E-state index is -0.536. The van der Waals surface area contributed by atoms with Gasteiger partial charge in [0.25, 0.3) is 0 Å². The first-order valence-corrected chi connectivity index (χ1v) is 8.39. The standard InChI is InChI=1S/C16H20N4O4S/c1-9(2)19-20-16-18-15(22)13(25-16)8-14(21)17-10-5-6-11(23-3)12(7-10)24-4/h5-7,13H,8H2,1-4H3,(H,17,21)(H,18,20,22). The second-order valence-electron chi connectivity index (χ2n) is 5.37.